The first-order valence-electron chi connectivity index (χ1n) is 9.62. The molecule has 0 bridgehead atoms. The van der Waals surface area contributed by atoms with Gasteiger partial charge in [-0.1, -0.05) is 97.1 Å². The van der Waals surface area contributed by atoms with Gasteiger partial charge < -0.3 is 9.80 Å². The van der Waals surface area contributed by atoms with E-state index in [0.717, 1.165) is 43.3 Å². The highest BCUT2D eigenvalue weighted by Gasteiger charge is 2.22. The van der Waals surface area contributed by atoms with Gasteiger partial charge in [0.05, 0.1) is 26.2 Å². The molecule has 0 atom stereocenters. The minimum Gasteiger partial charge on any atom is -0.351 e. The van der Waals surface area contributed by atoms with Crippen molar-refractivity contribution in [3.05, 3.63) is 96.1 Å². The summed E-state index contributed by atoms with van der Waals surface area (Å²) in [4.78, 5) is 4.98. The molecule has 1 aliphatic heterocycles. The number of quaternary nitrogens is 1. The van der Waals surface area contributed by atoms with Crippen LogP contribution < -0.4 is 4.90 Å². The van der Waals surface area contributed by atoms with Crippen LogP contribution in [0.5, 0.6) is 0 Å². The van der Waals surface area contributed by atoms with Gasteiger partial charge in [0, 0.05) is 11.1 Å². The Morgan fingerprint density at radius 2 is 1.30 bits per heavy atom. The van der Waals surface area contributed by atoms with Crippen LogP contribution in [0.2, 0.25) is 0 Å². The molecular formula is C24H25N2S+. The van der Waals surface area contributed by atoms with Crippen LogP contribution in [-0.2, 0) is 6.54 Å². The van der Waals surface area contributed by atoms with Crippen LogP contribution in [0.25, 0.3) is 11.1 Å². The molecule has 0 amide bonds. The Hall–Kier alpha value is -2.49. The van der Waals surface area contributed by atoms with E-state index in [1.54, 1.807) is 4.90 Å². The van der Waals surface area contributed by atoms with Crippen molar-refractivity contribution in [2.75, 3.05) is 26.2 Å². The van der Waals surface area contributed by atoms with Gasteiger partial charge in [-0.05, 0) is 11.1 Å². The van der Waals surface area contributed by atoms with E-state index >= 15 is 0 Å². The van der Waals surface area contributed by atoms with Gasteiger partial charge in [-0.15, -0.1) is 0 Å². The van der Waals surface area contributed by atoms with Crippen molar-refractivity contribution in [1.29, 1.82) is 0 Å². The second-order valence-electron chi connectivity index (χ2n) is 7.15. The third kappa shape index (κ3) is 4.44. The molecule has 1 N–H and O–H groups in total. The first-order chi connectivity index (χ1) is 13.3. The van der Waals surface area contributed by atoms with Crippen molar-refractivity contribution in [1.82, 2.24) is 4.90 Å². The third-order valence-corrected chi connectivity index (χ3v) is 5.79. The average Bonchev–Trinajstić information content (AvgIpc) is 2.75. The Morgan fingerprint density at radius 1 is 0.741 bits per heavy atom. The van der Waals surface area contributed by atoms with E-state index in [1.807, 2.05) is 6.07 Å². The maximum Gasteiger partial charge on any atom is 0.109 e. The van der Waals surface area contributed by atoms with Gasteiger partial charge in [0.15, 0.2) is 0 Å². The number of nitrogens with one attached hydrogen (secondary N) is 1. The van der Waals surface area contributed by atoms with Crippen LogP contribution in [0.4, 0.5) is 0 Å². The lowest BCUT2D eigenvalue weighted by atomic mass is 10.0. The number of hydrogen-bond donors (Lipinski definition) is 1. The molecule has 0 spiro atoms. The fourth-order valence-electron chi connectivity index (χ4n) is 3.71. The second kappa shape index (κ2) is 8.47. The fraction of sp³-hybridized carbons (Fsp3) is 0.208. The summed E-state index contributed by atoms with van der Waals surface area (Å²) in [6, 6.07) is 29.9. The van der Waals surface area contributed by atoms with Crippen LogP contribution in [0, 0.1) is 0 Å². The molecule has 27 heavy (non-hydrogen) atoms. The number of hydrogen-bond acceptors (Lipinski definition) is 1. The molecule has 136 valence electrons. The summed E-state index contributed by atoms with van der Waals surface area (Å²) in [6.45, 7) is 5.43. The average molecular weight is 374 g/mol. The van der Waals surface area contributed by atoms with Gasteiger partial charge in [0.25, 0.3) is 0 Å². The molecule has 1 saturated heterocycles. The summed E-state index contributed by atoms with van der Waals surface area (Å²) in [5, 5.41) is 0. The highest BCUT2D eigenvalue weighted by molar-refractivity contribution is 7.80. The Kier molecular flexibility index (Phi) is 5.61. The van der Waals surface area contributed by atoms with E-state index in [9.17, 15) is 0 Å². The zero-order valence-electron chi connectivity index (χ0n) is 15.5. The highest BCUT2D eigenvalue weighted by Crippen LogP contribution is 2.20. The van der Waals surface area contributed by atoms with Crippen LogP contribution in [0.15, 0.2) is 84.9 Å². The Labute approximate surface area is 167 Å². The monoisotopic (exact) mass is 373 g/mol. The largest absolute Gasteiger partial charge is 0.351 e. The minimum absolute atomic E-state index is 0.980. The lowest BCUT2D eigenvalue weighted by Gasteiger charge is -2.34. The van der Waals surface area contributed by atoms with Crippen LogP contribution in [-0.4, -0.2) is 36.1 Å². The van der Waals surface area contributed by atoms with Crippen molar-refractivity contribution in [2.24, 2.45) is 0 Å². The number of rotatable bonds is 4. The molecule has 1 aliphatic rings. The van der Waals surface area contributed by atoms with Crippen molar-refractivity contribution in [3.63, 3.8) is 0 Å². The zero-order valence-corrected chi connectivity index (χ0v) is 16.3. The van der Waals surface area contributed by atoms with Gasteiger partial charge in [-0.25, -0.2) is 0 Å². The molecule has 1 fully saturated rings. The molecule has 0 saturated carbocycles. The van der Waals surface area contributed by atoms with E-state index < -0.39 is 0 Å². The topological polar surface area (TPSA) is 7.68 Å². The summed E-state index contributed by atoms with van der Waals surface area (Å²) in [5.74, 6) is 0. The first kappa shape index (κ1) is 17.9. The van der Waals surface area contributed by atoms with Crippen LogP contribution in [0.1, 0.15) is 11.1 Å². The standard InChI is InChI=1S/C24H24N2S/c27-24(23-13-11-22(12-14-23)21-9-5-2-6-10-21)26-17-15-25(16-18-26)19-20-7-3-1-4-8-20/h1-14H,15-19H2/p+1. The Morgan fingerprint density at radius 3 is 1.93 bits per heavy atom. The van der Waals surface area contributed by atoms with E-state index in [-0.39, 0.29) is 0 Å². The summed E-state index contributed by atoms with van der Waals surface area (Å²) in [7, 11) is 0. The summed E-state index contributed by atoms with van der Waals surface area (Å²) in [5.41, 5.74) is 5.04. The smallest absolute Gasteiger partial charge is 0.109 e. The Balaban J connectivity index is 1.35. The van der Waals surface area contributed by atoms with E-state index in [2.05, 4.69) is 83.8 Å². The lowest BCUT2D eigenvalue weighted by molar-refractivity contribution is -0.917. The molecule has 3 aromatic rings. The van der Waals surface area contributed by atoms with Gasteiger partial charge >= 0.3 is 0 Å². The number of benzene rings is 3. The molecule has 4 rings (SSSR count). The zero-order chi connectivity index (χ0) is 18.5. The molecule has 2 nitrogen and oxygen atoms in total. The third-order valence-electron chi connectivity index (χ3n) is 5.29. The van der Waals surface area contributed by atoms with Gasteiger partial charge in [-0.2, -0.15) is 0 Å². The minimum atomic E-state index is 0.980. The maximum absolute atomic E-state index is 5.79. The van der Waals surface area contributed by atoms with E-state index in [0.29, 0.717) is 0 Å². The SMILES string of the molecule is S=C(c1ccc(-c2ccccc2)cc1)N1CC[NH+](Cc2ccccc2)CC1. The summed E-state index contributed by atoms with van der Waals surface area (Å²) < 4.78 is 0. The molecular weight excluding hydrogens is 348 g/mol. The molecule has 3 heteroatoms. The van der Waals surface area contributed by atoms with Gasteiger partial charge in [0.2, 0.25) is 0 Å². The molecule has 0 radical (unpaired) electrons. The van der Waals surface area contributed by atoms with Crippen molar-refractivity contribution in [2.45, 2.75) is 6.54 Å². The fourth-order valence-corrected chi connectivity index (χ4v) is 4.02. The highest BCUT2D eigenvalue weighted by atomic mass is 32.1. The lowest BCUT2D eigenvalue weighted by Crippen LogP contribution is -3.13. The van der Waals surface area contributed by atoms with Gasteiger partial charge in [-0.3, -0.25) is 0 Å². The molecule has 1 heterocycles. The quantitative estimate of drug-likeness (QED) is 0.701. The predicted molar refractivity (Wildman–Crippen MR) is 116 cm³/mol. The van der Waals surface area contributed by atoms with Crippen LogP contribution in [0.3, 0.4) is 0 Å². The normalized spacial score (nSPS) is 14.9. The second-order valence-corrected chi connectivity index (χ2v) is 7.53. The molecule has 0 aromatic heterocycles. The van der Waals surface area contributed by atoms with E-state index in [1.165, 1.54) is 16.7 Å². The number of nitrogens with zero attached hydrogens (tertiary/aromatic N) is 1. The van der Waals surface area contributed by atoms with Crippen molar-refractivity contribution in [3.8, 4) is 11.1 Å². The first-order valence-corrected chi connectivity index (χ1v) is 10.0. The van der Waals surface area contributed by atoms with Gasteiger partial charge in [0.1, 0.15) is 11.5 Å². The summed E-state index contributed by atoms with van der Waals surface area (Å²) in [6.07, 6.45) is 0. The summed E-state index contributed by atoms with van der Waals surface area (Å²) >= 11 is 5.79. The van der Waals surface area contributed by atoms with Crippen molar-refractivity contribution < 1.29 is 4.90 Å². The molecule has 0 unspecified atom stereocenters. The number of thiocarbonyl (C=S) groups is 1. The van der Waals surface area contributed by atoms with Crippen LogP contribution >= 0.6 is 12.2 Å². The molecule has 3 aromatic carbocycles. The Bertz CT molecular complexity index is 867. The maximum atomic E-state index is 5.79. The van der Waals surface area contributed by atoms with Crippen molar-refractivity contribution >= 4 is 17.2 Å². The predicted octanol–water partition coefficient (Wildman–Crippen LogP) is 3.43. The van der Waals surface area contributed by atoms with E-state index in [4.69, 9.17) is 12.2 Å². The molecule has 0 aliphatic carbocycles. The number of piperazine rings is 1.